The summed E-state index contributed by atoms with van der Waals surface area (Å²) in [6, 6.07) is 16.1. The lowest BCUT2D eigenvalue weighted by molar-refractivity contribution is 0.101. The minimum absolute atomic E-state index is 0.0167. The minimum atomic E-state index is -0.433. The lowest BCUT2D eigenvalue weighted by Crippen LogP contribution is -2.29. The van der Waals surface area contributed by atoms with Crippen LogP contribution in [0, 0.1) is 14.1 Å². The van der Waals surface area contributed by atoms with Gasteiger partial charge < -0.3 is 5.32 Å². The van der Waals surface area contributed by atoms with E-state index in [1.54, 1.807) is 31.2 Å². The van der Waals surface area contributed by atoms with Crippen LogP contribution >= 0.6 is 45.2 Å². The first-order valence-electron chi connectivity index (χ1n) is 8.38. The Hall–Kier alpha value is -2.01. The summed E-state index contributed by atoms with van der Waals surface area (Å²) in [6.07, 6.45) is 0. The predicted molar refractivity (Wildman–Crippen MR) is 127 cm³/mol. The van der Waals surface area contributed by atoms with Crippen LogP contribution in [-0.4, -0.2) is 16.3 Å². The predicted octanol–water partition coefficient (Wildman–Crippen LogP) is 4.81. The van der Waals surface area contributed by atoms with Crippen LogP contribution in [0.1, 0.15) is 33.3 Å². The molecule has 0 aliphatic carbocycles. The highest BCUT2D eigenvalue weighted by atomic mass is 127. The van der Waals surface area contributed by atoms with E-state index >= 15 is 0 Å². The average Bonchev–Trinajstić information content (AvgIpc) is 2.65. The van der Waals surface area contributed by atoms with Gasteiger partial charge in [0.1, 0.15) is 0 Å². The Bertz CT molecular complexity index is 1120. The van der Waals surface area contributed by atoms with Gasteiger partial charge in [0.2, 0.25) is 0 Å². The molecule has 0 saturated heterocycles. The van der Waals surface area contributed by atoms with Crippen LogP contribution < -0.4 is 10.9 Å². The standard InChI is InChI=1S/C21H16I2N2O3/c1-12-18(20(27)24-16-7-3-14(22)4-8-16)11-19(13(2)26)21(28)25(12)17-9-5-15(23)6-10-17/h3-11H,1-2H3,(H,24,27). The second-order valence-electron chi connectivity index (χ2n) is 6.19. The Morgan fingerprint density at radius 3 is 1.96 bits per heavy atom. The van der Waals surface area contributed by atoms with E-state index in [4.69, 9.17) is 0 Å². The molecule has 0 saturated carbocycles. The van der Waals surface area contributed by atoms with E-state index < -0.39 is 5.56 Å². The highest BCUT2D eigenvalue weighted by Crippen LogP contribution is 2.18. The summed E-state index contributed by atoms with van der Waals surface area (Å²) in [5, 5.41) is 2.83. The third-order valence-corrected chi connectivity index (χ3v) is 5.70. The fraction of sp³-hybridized carbons (Fsp3) is 0.0952. The van der Waals surface area contributed by atoms with Crippen molar-refractivity contribution in [2.45, 2.75) is 13.8 Å². The number of benzene rings is 2. The van der Waals surface area contributed by atoms with Crippen molar-refractivity contribution < 1.29 is 9.59 Å². The fourth-order valence-corrected chi connectivity index (χ4v) is 3.54. The Balaban J connectivity index is 2.14. The first-order chi connectivity index (χ1) is 13.3. The monoisotopic (exact) mass is 598 g/mol. The summed E-state index contributed by atoms with van der Waals surface area (Å²) < 4.78 is 3.49. The molecule has 7 heteroatoms. The van der Waals surface area contributed by atoms with Gasteiger partial charge in [-0.25, -0.2) is 0 Å². The molecule has 0 bridgehead atoms. The number of pyridine rings is 1. The van der Waals surface area contributed by atoms with Gasteiger partial charge >= 0.3 is 0 Å². The maximum atomic E-state index is 12.9. The molecule has 3 aromatic rings. The molecule has 5 nitrogen and oxygen atoms in total. The Labute approximate surface area is 189 Å². The number of rotatable bonds is 4. The van der Waals surface area contributed by atoms with Gasteiger partial charge in [-0.3, -0.25) is 19.0 Å². The van der Waals surface area contributed by atoms with Gasteiger partial charge in [0.15, 0.2) is 5.78 Å². The van der Waals surface area contributed by atoms with Crippen LogP contribution in [0.25, 0.3) is 5.69 Å². The van der Waals surface area contributed by atoms with Crippen LogP contribution in [0.5, 0.6) is 0 Å². The van der Waals surface area contributed by atoms with E-state index in [0.29, 0.717) is 17.1 Å². The Kier molecular flexibility index (Phi) is 6.33. The number of Topliss-reactive ketones (excluding diaryl/α,β-unsaturated/α-hetero) is 1. The average molecular weight is 598 g/mol. The van der Waals surface area contributed by atoms with E-state index in [0.717, 1.165) is 7.14 Å². The molecule has 0 spiro atoms. The van der Waals surface area contributed by atoms with Crippen molar-refractivity contribution in [3.8, 4) is 5.69 Å². The third kappa shape index (κ3) is 4.35. The van der Waals surface area contributed by atoms with Crippen LogP contribution in [-0.2, 0) is 0 Å². The highest BCUT2D eigenvalue weighted by molar-refractivity contribution is 14.1. The molecule has 3 rings (SSSR count). The lowest BCUT2D eigenvalue weighted by atomic mass is 10.1. The molecule has 0 aliphatic rings. The first kappa shape index (κ1) is 20.7. The minimum Gasteiger partial charge on any atom is -0.322 e. The van der Waals surface area contributed by atoms with E-state index in [1.165, 1.54) is 17.6 Å². The molecule has 0 atom stereocenters. The Morgan fingerprint density at radius 1 is 0.893 bits per heavy atom. The zero-order valence-corrected chi connectivity index (χ0v) is 19.4. The van der Waals surface area contributed by atoms with Gasteiger partial charge in [0.05, 0.1) is 11.1 Å². The van der Waals surface area contributed by atoms with Crippen molar-refractivity contribution in [2.24, 2.45) is 0 Å². The largest absolute Gasteiger partial charge is 0.322 e. The summed E-state index contributed by atoms with van der Waals surface area (Å²) >= 11 is 4.36. The normalized spacial score (nSPS) is 10.6. The number of hydrogen-bond donors (Lipinski definition) is 1. The van der Waals surface area contributed by atoms with Crippen molar-refractivity contribution in [3.05, 3.63) is 88.9 Å². The van der Waals surface area contributed by atoms with E-state index in [9.17, 15) is 14.4 Å². The van der Waals surface area contributed by atoms with Gasteiger partial charge in [0.25, 0.3) is 11.5 Å². The van der Waals surface area contributed by atoms with Gasteiger partial charge in [-0.2, -0.15) is 0 Å². The molecule has 0 radical (unpaired) electrons. The number of amides is 1. The highest BCUT2D eigenvalue weighted by Gasteiger charge is 2.20. The van der Waals surface area contributed by atoms with Crippen molar-refractivity contribution in [2.75, 3.05) is 5.32 Å². The summed E-state index contributed by atoms with van der Waals surface area (Å²) in [5.74, 6) is -0.756. The topological polar surface area (TPSA) is 68.2 Å². The maximum absolute atomic E-state index is 12.9. The number of ketones is 1. The number of anilines is 1. The van der Waals surface area contributed by atoms with Crippen molar-refractivity contribution in [1.82, 2.24) is 4.57 Å². The number of nitrogens with one attached hydrogen (secondary N) is 1. The van der Waals surface area contributed by atoms with Gasteiger partial charge in [-0.15, -0.1) is 0 Å². The number of hydrogen-bond acceptors (Lipinski definition) is 3. The molecule has 1 N–H and O–H groups in total. The molecule has 28 heavy (non-hydrogen) atoms. The molecule has 0 unspecified atom stereocenters. The van der Waals surface area contributed by atoms with Gasteiger partial charge in [-0.1, -0.05) is 0 Å². The summed E-state index contributed by atoms with van der Waals surface area (Å²) in [4.78, 5) is 37.8. The Morgan fingerprint density at radius 2 is 1.43 bits per heavy atom. The summed E-state index contributed by atoms with van der Waals surface area (Å²) in [7, 11) is 0. The molecule has 0 fully saturated rings. The van der Waals surface area contributed by atoms with Gasteiger partial charge in [0, 0.05) is 24.2 Å². The van der Waals surface area contributed by atoms with Crippen molar-refractivity contribution >= 4 is 62.6 Å². The summed E-state index contributed by atoms with van der Waals surface area (Å²) in [6.45, 7) is 3.03. The van der Waals surface area contributed by atoms with Crippen LogP contribution in [0.2, 0.25) is 0 Å². The second kappa shape index (κ2) is 8.56. The number of carbonyl (C=O) groups is 2. The zero-order chi connectivity index (χ0) is 20.4. The molecular formula is C21H16I2N2O3. The van der Waals surface area contributed by atoms with E-state index in [1.807, 2.05) is 24.3 Å². The molecule has 142 valence electrons. The molecule has 1 amide bonds. The number of nitrogens with zero attached hydrogens (tertiary/aromatic N) is 1. The second-order valence-corrected chi connectivity index (χ2v) is 8.68. The van der Waals surface area contributed by atoms with Gasteiger partial charge in [-0.05, 0) is 114 Å². The lowest BCUT2D eigenvalue weighted by Gasteiger charge is -2.16. The van der Waals surface area contributed by atoms with Crippen molar-refractivity contribution in [3.63, 3.8) is 0 Å². The molecule has 1 heterocycles. The number of aromatic nitrogens is 1. The fourth-order valence-electron chi connectivity index (χ4n) is 2.82. The SMILES string of the molecule is CC(=O)c1cc(C(=O)Nc2ccc(I)cc2)c(C)n(-c2ccc(I)cc2)c1=O. The van der Waals surface area contributed by atoms with Crippen LogP contribution in [0.15, 0.2) is 59.4 Å². The van der Waals surface area contributed by atoms with E-state index in [-0.39, 0.29) is 22.8 Å². The van der Waals surface area contributed by atoms with Crippen molar-refractivity contribution in [1.29, 1.82) is 0 Å². The molecular weight excluding hydrogens is 582 g/mol. The molecule has 2 aromatic carbocycles. The van der Waals surface area contributed by atoms with Crippen LogP contribution in [0.4, 0.5) is 5.69 Å². The number of halogens is 2. The third-order valence-electron chi connectivity index (χ3n) is 4.26. The molecule has 0 aliphatic heterocycles. The number of carbonyl (C=O) groups excluding carboxylic acids is 2. The zero-order valence-electron chi connectivity index (χ0n) is 15.1. The summed E-state index contributed by atoms with van der Waals surface area (Å²) in [5.41, 5.74) is 1.55. The quantitative estimate of drug-likeness (QED) is 0.347. The first-order valence-corrected chi connectivity index (χ1v) is 10.5. The van der Waals surface area contributed by atoms with E-state index in [2.05, 4.69) is 50.5 Å². The maximum Gasteiger partial charge on any atom is 0.266 e. The van der Waals surface area contributed by atoms with Crippen LogP contribution in [0.3, 0.4) is 0 Å². The molecule has 1 aromatic heterocycles. The smallest absolute Gasteiger partial charge is 0.266 e.